The zero-order valence-electron chi connectivity index (χ0n) is 13.4. The Morgan fingerprint density at radius 1 is 1.19 bits per heavy atom. The van der Waals surface area contributed by atoms with Gasteiger partial charge in [0.05, 0.1) is 6.61 Å². The summed E-state index contributed by atoms with van der Waals surface area (Å²) in [6.07, 6.45) is 4.27. The van der Waals surface area contributed by atoms with E-state index in [1.165, 1.54) is 12.5 Å². The Bertz CT molecular complexity index is 504. The molecule has 0 aliphatic rings. The third-order valence-corrected chi connectivity index (χ3v) is 3.58. The summed E-state index contributed by atoms with van der Waals surface area (Å²) in [5.41, 5.74) is 1.83. The van der Waals surface area contributed by atoms with Gasteiger partial charge in [0.1, 0.15) is 0 Å². The van der Waals surface area contributed by atoms with Gasteiger partial charge in [0.15, 0.2) is 0 Å². The van der Waals surface area contributed by atoms with Crippen LogP contribution in [-0.2, 0) is 27.8 Å². The lowest BCUT2D eigenvalue weighted by molar-refractivity contribution is -0.143. The number of carbonyl (C=O) groups excluding carboxylic acids is 1. The summed E-state index contributed by atoms with van der Waals surface area (Å²) < 4.78 is 7.80. The Balaban J connectivity index is 2.81. The minimum atomic E-state index is -0.247. The van der Waals surface area contributed by atoms with E-state index in [0.717, 1.165) is 5.69 Å². The molecule has 1 aromatic rings. The molecule has 0 aromatic heterocycles. The first-order valence-corrected chi connectivity index (χ1v) is 7.39. The summed E-state index contributed by atoms with van der Waals surface area (Å²) in [4.78, 5) is 10.9. The van der Waals surface area contributed by atoms with Gasteiger partial charge in [-0.3, -0.25) is 4.79 Å². The number of allylic oxidation sites excluding steroid dienone is 1. The molecule has 1 N–H and O–H groups in total. The number of esters is 1. The summed E-state index contributed by atoms with van der Waals surface area (Å²) in [5, 5.41) is 0. The van der Waals surface area contributed by atoms with E-state index < -0.39 is 0 Å². The lowest BCUT2D eigenvalue weighted by atomic mass is 9.81. The molecule has 0 amide bonds. The van der Waals surface area contributed by atoms with Crippen LogP contribution in [0, 0.1) is 5.41 Å². The van der Waals surface area contributed by atoms with Gasteiger partial charge in [-0.2, -0.15) is 0 Å². The monoisotopic (exact) mass is 306 g/mol. The van der Waals surface area contributed by atoms with E-state index in [1.807, 2.05) is 26.0 Å². The minimum absolute atomic E-state index is 0.104. The smallest absolute Gasteiger partial charge is 0.302 e. The quantitative estimate of drug-likeness (QED) is 0.490. The normalized spacial score (nSPS) is 12.5. The highest BCUT2D eigenvalue weighted by atomic mass is 32.1. The van der Waals surface area contributed by atoms with Crippen molar-refractivity contribution in [1.29, 1.82) is 0 Å². The number of carbonyl (C=O) groups is 1. The van der Waals surface area contributed by atoms with Gasteiger partial charge in [0, 0.05) is 23.4 Å². The predicted molar refractivity (Wildman–Crippen MR) is 90.0 cm³/mol. The molecule has 4 heteroatoms. The molecule has 0 bridgehead atoms. The number of nitrogens with one attached hydrogen (secondary N) is 1. The minimum Gasteiger partial charge on any atom is -0.670 e. The largest absolute Gasteiger partial charge is 0.670 e. The molecule has 0 unspecified atom stereocenters. The van der Waals surface area contributed by atoms with Gasteiger partial charge < -0.3 is 22.3 Å². The molecule has 0 heterocycles. The molecule has 1 rings (SSSR count). The average molecular weight is 306 g/mol. The number of anilines is 1. The Hall–Kier alpha value is -1.42. The number of rotatable bonds is 6. The van der Waals surface area contributed by atoms with Crippen molar-refractivity contribution in [2.24, 2.45) is 5.41 Å². The van der Waals surface area contributed by atoms with Crippen molar-refractivity contribution in [2.45, 2.75) is 40.0 Å². The molecular formula is C17H24NO2S-. The highest BCUT2D eigenvalue weighted by molar-refractivity contribution is 7.60. The molecule has 116 valence electrons. The van der Waals surface area contributed by atoms with Crippen molar-refractivity contribution in [3.8, 4) is 0 Å². The van der Waals surface area contributed by atoms with Crippen LogP contribution >= 0.6 is 0 Å². The van der Waals surface area contributed by atoms with Crippen molar-refractivity contribution in [3.63, 3.8) is 0 Å². The van der Waals surface area contributed by atoms with Crippen LogP contribution in [0.5, 0.6) is 0 Å². The molecule has 0 spiro atoms. The number of hydrogen-bond acceptors (Lipinski definition) is 4. The lowest BCUT2D eigenvalue weighted by Gasteiger charge is -2.25. The molecule has 0 aliphatic heterocycles. The van der Waals surface area contributed by atoms with Crippen molar-refractivity contribution in [2.75, 3.05) is 11.3 Å². The molecule has 0 saturated heterocycles. The first-order chi connectivity index (χ1) is 9.66. The Morgan fingerprint density at radius 2 is 1.76 bits per heavy atom. The van der Waals surface area contributed by atoms with Gasteiger partial charge in [-0.05, 0) is 17.7 Å². The molecule has 0 radical (unpaired) electrons. The predicted octanol–water partition coefficient (Wildman–Crippen LogP) is 3.98. The summed E-state index contributed by atoms with van der Waals surface area (Å²) in [7, 11) is 0. The molecule has 0 fully saturated rings. The fraction of sp³-hybridized carbons (Fsp3) is 0.471. The van der Waals surface area contributed by atoms with Crippen LogP contribution < -0.4 is 4.72 Å². The van der Waals surface area contributed by atoms with Gasteiger partial charge in [-0.15, -0.1) is 0 Å². The first-order valence-electron chi connectivity index (χ1n) is 6.99. The van der Waals surface area contributed by atoms with E-state index in [0.29, 0.717) is 6.61 Å². The van der Waals surface area contributed by atoms with Crippen molar-refractivity contribution < 1.29 is 9.53 Å². The van der Waals surface area contributed by atoms with E-state index in [2.05, 4.69) is 42.9 Å². The summed E-state index contributed by atoms with van der Waals surface area (Å²) in [5.74, 6) is -0.247. The summed E-state index contributed by atoms with van der Waals surface area (Å²) in [6, 6.07) is 8.08. The van der Waals surface area contributed by atoms with E-state index in [-0.39, 0.29) is 16.8 Å². The summed E-state index contributed by atoms with van der Waals surface area (Å²) in [6.45, 7) is 10.2. The fourth-order valence-corrected chi connectivity index (χ4v) is 1.97. The van der Waals surface area contributed by atoms with E-state index in [9.17, 15) is 4.79 Å². The molecule has 0 atom stereocenters. The van der Waals surface area contributed by atoms with Crippen LogP contribution in [0.25, 0.3) is 0 Å². The average Bonchev–Trinajstić information content (AvgIpc) is 2.44. The van der Waals surface area contributed by atoms with E-state index in [1.54, 1.807) is 0 Å². The van der Waals surface area contributed by atoms with Gasteiger partial charge >= 0.3 is 5.97 Å². The van der Waals surface area contributed by atoms with Crippen LogP contribution in [0.4, 0.5) is 5.69 Å². The van der Waals surface area contributed by atoms with Crippen LogP contribution in [-0.4, -0.2) is 12.6 Å². The maximum atomic E-state index is 10.9. The standard InChI is InChI=1S/C17H24NO2S/c1-13(19)20-12-16(2,3)10-11-17(4,5)14-6-8-15(18-21)9-7-14/h6-11,18H,12H2,1-5H3/q-1/b11-10+. The van der Waals surface area contributed by atoms with Gasteiger partial charge in [0.25, 0.3) is 0 Å². The van der Waals surface area contributed by atoms with Crippen LogP contribution in [0.1, 0.15) is 40.2 Å². The second kappa shape index (κ2) is 7.03. The second-order valence-corrected chi connectivity index (χ2v) is 6.71. The van der Waals surface area contributed by atoms with E-state index >= 15 is 0 Å². The number of hydrogen-bond donors (Lipinski definition) is 1. The van der Waals surface area contributed by atoms with Crippen molar-refractivity contribution in [3.05, 3.63) is 42.0 Å². The SMILES string of the molecule is CC(=O)OCC(C)(C)/C=C/C(C)(C)c1ccc(N[S-])cc1. The lowest BCUT2D eigenvalue weighted by Crippen LogP contribution is -2.21. The van der Waals surface area contributed by atoms with Gasteiger partial charge in [-0.1, -0.05) is 52.0 Å². The molecule has 3 nitrogen and oxygen atoms in total. The Morgan fingerprint density at radius 3 is 2.24 bits per heavy atom. The fourth-order valence-electron chi connectivity index (χ4n) is 1.83. The van der Waals surface area contributed by atoms with Crippen molar-refractivity contribution in [1.82, 2.24) is 0 Å². The zero-order chi connectivity index (χ0) is 16.1. The number of ether oxygens (including phenoxy) is 1. The Labute approximate surface area is 133 Å². The summed E-state index contributed by atoms with van der Waals surface area (Å²) >= 11 is 4.80. The molecular weight excluding hydrogens is 282 g/mol. The highest BCUT2D eigenvalue weighted by Gasteiger charge is 2.21. The molecule has 1 aromatic carbocycles. The number of benzene rings is 1. The molecule has 0 saturated carbocycles. The van der Waals surface area contributed by atoms with E-state index in [4.69, 9.17) is 17.6 Å². The molecule has 21 heavy (non-hydrogen) atoms. The third-order valence-electron chi connectivity index (χ3n) is 3.35. The maximum absolute atomic E-state index is 10.9. The van der Waals surface area contributed by atoms with Gasteiger partial charge in [0.2, 0.25) is 0 Å². The first kappa shape index (κ1) is 17.6. The second-order valence-electron chi connectivity index (χ2n) is 6.50. The van der Waals surface area contributed by atoms with Gasteiger partial charge in [-0.25, -0.2) is 0 Å². The topological polar surface area (TPSA) is 38.3 Å². The van der Waals surface area contributed by atoms with Crippen LogP contribution in [0.3, 0.4) is 0 Å². The Kier molecular flexibility index (Phi) is 5.90. The van der Waals surface area contributed by atoms with Crippen LogP contribution in [0.15, 0.2) is 36.4 Å². The zero-order valence-corrected chi connectivity index (χ0v) is 14.2. The molecule has 0 aliphatic carbocycles. The maximum Gasteiger partial charge on any atom is 0.302 e. The third kappa shape index (κ3) is 5.84. The van der Waals surface area contributed by atoms with Crippen LogP contribution in [0.2, 0.25) is 0 Å². The highest BCUT2D eigenvalue weighted by Crippen LogP contribution is 2.28. The van der Waals surface area contributed by atoms with Crippen molar-refractivity contribution >= 4 is 24.5 Å².